The molecule has 2 aromatic heterocycles. The lowest BCUT2D eigenvalue weighted by atomic mass is 10.2. The monoisotopic (exact) mass is 219 g/mol. The molecule has 0 saturated heterocycles. The fraction of sp³-hybridized carbons (Fsp3) is 0.455. The van der Waals surface area contributed by atoms with Gasteiger partial charge in [0.1, 0.15) is 11.9 Å². The van der Waals surface area contributed by atoms with Gasteiger partial charge < -0.3 is 10.3 Å². The van der Waals surface area contributed by atoms with Gasteiger partial charge in [-0.15, -0.1) is 0 Å². The summed E-state index contributed by atoms with van der Waals surface area (Å²) < 4.78 is 3.77. The minimum atomic E-state index is -0.224. The summed E-state index contributed by atoms with van der Waals surface area (Å²) in [5, 5.41) is 4.39. The minimum Gasteiger partial charge on any atom is -0.336 e. The highest BCUT2D eigenvalue weighted by atomic mass is 15.3. The first-order valence-corrected chi connectivity index (χ1v) is 5.39. The highest BCUT2D eigenvalue weighted by molar-refractivity contribution is 5.20. The van der Waals surface area contributed by atoms with Crippen LogP contribution in [0.3, 0.4) is 0 Å². The Balaban J connectivity index is 2.37. The molecule has 86 valence electrons. The molecule has 0 amide bonds. The standard InChI is InChI=1S/C11H17N5/c1-4-8-7-9(16(3)14-8)10(12)11-13-5-6-15(11)2/h5-7,10H,4,12H2,1-3H3. The highest BCUT2D eigenvalue weighted by Crippen LogP contribution is 2.18. The van der Waals surface area contributed by atoms with Crippen molar-refractivity contribution in [1.29, 1.82) is 0 Å². The molecule has 1 atom stereocenters. The predicted octanol–water partition coefficient (Wildman–Crippen LogP) is 0.764. The largest absolute Gasteiger partial charge is 0.336 e. The zero-order valence-electron chi connectivity index (χ0n) is 9.88. The molecule has 2 aromatic rings. The Labute approximate surface area is 94.9 Å². The molecule has 2 N–H and O–H groups in total. The third kappa shape index (κ3) is 1.74. The third-order valence-electron chi connectivity index (χ3n) is 2.78. The van der Waals surface area contributed by atoms with Crippen molar-refractivity contribution in [3.63, 3.8) is 0 Å². The van der Waals surface area contributed by atoms with Crippen LogP contribution in [0.5, 0.6) is 0 Å². The highest BCUT2D eigenvalue weighted by Gasteiger charge is 2.17. The van der Waals surface area contributed by atoms with Gasteiger partial charge in [0.05, 0.1) is 11.4 Å². The molecule has 0 aliphatic heterocycles. The summed E-state index contributed by atoms with van der Waals surface area (Å²) in [7, 11) is 3.86. The van der Waals surface area contributed by atoms with E-state index in [4.69, 9.17) is 5.73 Å². The number of hydrogen-bond acceptors (Lipinski definition) is 3. The second kappa shape index (κ2) is 4.09. The van der Waals surface area contributed by atoms with Gasteiger partial charge in [0.2, 0.25) is 0 Å². The topological polar surface area (TPSA) is 61.7 Å². The van der Waals surface area contributed by atoms with Gasteiger partial charge in [0.25, 0.3) is 0 Å². The van der Waals surface area contributed by atoms with Crippen molar-refractivity contribution in [2.45, 2.75) is 19.4 Å². The van der Waals surface area contributed by atoms with Gasteiger partial charge in [-0.25, -0.2) is 4.98 Å². The Morgan fingerprint density at radius 3 is 2.69 bits per heavy atom. The van der Waals surface area contributed by atoms with E-state index in [1.54, 1.807) is 6.20 Å². The van der Waals surface area contributed by atoms with Gasteiger partial charge in [-0.05, 0) is 12.5 Å². The maximum atomic E-state index is 6.19. The number of aromatic nitrogens is 4. The van der Waals surface area contributed by atoms with E-state index >= 15 is 0 Å². The van der Waals surface area contributed by atoms with Crippen LogP contribution in [0.2, 0.25) is 0 Å². The second-order valence-corrected chi connectivity index (χ2v) is 3.91. The molecule has 1 unspecified atom stereocenters. The number of nitrogens with zero attached hydrogens (tertiary/aromatic N) is 4. The van der Waals surface area contributed by atoms with Gasteiger partial charge in [0.15, 0.2) is 0 Å². The third-order valence-corrected chi connectivity index (χ3v) is 2.78. The van der Waals surface area contributed by atoms with Crippen LogP contribution in [-0.4, -0.2) is 19.3 Å². The summed E-state index contributed by atoms with van der Waals surface area (Å²) in [5.74, 6) is 0.852. The van der Waals surface area contributed by atoms with E-state index in [2.05, 4.69) is 17.0 Å². The molecule has 5 heteroatoms. The molecule has 0 bridgehead atoms. The lowest BCUT2D eigenvalue weighted by molar-refractivity contribution is 0.628. The molecule has 0 radical (unpaired) electrons. The van der Waals surface area contributed by atoms with Crippen LogP contribution in [0.15, 0.2) is 18.5 Å². The average molecular weight is 219 g/mol. The Kier molecular flexibility index (Phi) is 2.78. The molecule has 0 fully saturated rings. The molecular weight excluding hydrogens is 202 g/mol. The fourth-order valence-corrected chi connectivity index (χ4v) is 1.82. The van der Waals surface area contributed by atoms with Crippen LogP contribution in [0, 0.1) is 0 Å². The summed E-state index contributed by atoms with van der Waals surface area (Å²) in [6, 6.07) is 1.82. The van der Waals surface area contributed by atoms with Gasteiger partial charge >= 0.3 is 0 Å². The van der Waals surface area contributed by atoms with Gasteiger partial charge in [-0.3, -0.25) is 4.68 Å². The Morgan fingerprint density at radius 1 is 1.44 bits per heavy atom. The van der Waals surface area contributed by atoms with Gasteiger partial charge in [-0.2, -0.15) is 5.10 Å². The van der Waals surface area contributed by atoms with Crippen molar-refractivity contribution in [3.05, 3.63) is 35.7 Å². The number of hydrogen-bond donors (Lipinski definition) is 1. The van der Waals surface area contributed by atoms with E-state index < -0.39 is 0 Å². The molecule has 0 aliphatic carbocycles. The molecule has 16 heavy (non-hydrogen) atoms. The second-order valence-electron chi connectivity index (χ2n) is 3.91. The van der Waals surface area contributed by atoms with E-state index in [1.165, 1.54) is 0 Å². The first-order chi connectivity index (χ1) is 7.63. The van der Waals surface area contributed by atoms with E-state index in [9.17, 15) is 0 Å². The van der Waals surface area contributed by atoms with E-state index in [-0.39, 0.29) is 6.04 Å². The van der Waals surface area contributed by atoms with Crippen LogP contribution in [0.4, 0.5) is 0 Å². The number of nitrogens with two attached hydrogens (primary N) is 1. The molecular formula is C11H17N5. The lowest BCUT2D eigenvalue weighted by Gasteiger charge is -2.11. The predicted molar refractivity (Wildman–Crippen MR) is 61.8 cm³/mol. The van der Waals surface area contributed by atoms with Gasteiger partial charge in [-0.1, -0.05) is 6.92 Å². The molecule has 2 rings (SSSR count). The minimum absolute atomic E-state index is 0.224. The average Bonchev–Trinajstić information content (AvgIpc) is 2.83. The molecule has 0 aliphatic rings. The molecule has 0 aromatic carbocycles. The normalized spacial score (nSPS) is 13.0. The van der Waals surface area contributed by atoms with Crippen LogP contribution in [-0.2, 0) is 20.5 Å². The molecule has 0 spiro atoms. The maximum absolute atomic E-state index is 6.19. The summed E-state index contributed by atoms with van der Waals surface area (Å²) >= 11 is 0. The fourth-order valence-electron chi connectivity index (χ4n) is 1.82. The van der Waals surface area contributed by atoms with E-state index in [0.29, 0.717) is 0 Å². The smallest absolute Gasteiger partial charge is 0.131 e. The van der Waals surface area contributed by atoms with E-state index in [1.807, 2.05) is 35.6 Å². The van der Waals surface area contributed by atoms with Crippen molar-refractivity contribution in [2.24, 2.45) is 19.8 Å². The van der Waals surface area contributed by atoms with Crippen LogP contribution in [0.1, 0.15) is 30.2 Å². The summed E-state index contributed by atoms with van der Waals surface area (Å²) in [6.45, 7) is 2.08. The molecule has 5 nitrogen and oxygen atoms in total. The van der Waals surface area contributed by atoms with Crippen molar-refractivity contribution in [1.82, 2.24) is 19.3 Å². The Morgan fingerprint density at radius 2 is 2.19 bits per heavy atom. The summed E-state index contributed by atoms with van der Waals surface area (Å²) in [6.07, 6.45) is 4.57. The van der Waals surface area contributed by atoms with Crippen LogP contribution < -0.4 is 5.73 Å². The number of rotatable bonds is 3. The molecule has 2 heterocycles. The van der Waals surface area contributed by atoms with E-state index in [0.717, 1.165) is 23.6 Å². The summed E-state index contributed by atoms with van der Waals surface area (Å²) in [4.78, 5) is 4.27. The van der Waals surface area contributed by atoms with Crippen LogP contribution in [0.25, 0.3) is 0 Å². The Hall–Kier alpha value is -1.62. The van der Waals surface area contributed by atoms with Crippen molar-refractivity contribution < 1.29 is 0 Å². The SMILES string of the molecule is CCc1cc(C(N)c2nccn2C)n(C)n1. The maximum Gasteiger partial charge on any atom is 0.131 e. The van der Waals surface area contributed by atoms with Crippen molar-refractivity contribution in [3.8, 4) is 0 Å². The zero-order valence-corrected chi connectivity index (χ0v) is 9.88. The first-order valence-electron chi connectivity index (χ1n) is 5.39. The zero-order chi connectivity index (χ0) is 11.7. The molecule has 0 saturated carbocycles. The lowest BCUT2D eigenvalue weighted by Crippen LogP contribution is -2.19. The quantitative estimate of drug-likeness (QED) is 0.829. The first kappa shape index (κ1) is 10.9. The summed E-state index contributed by atoms with van der Waals surface area (Å²) in [5.41, 5.74) is 8.24. The Bertz CT molecular complexity index is 482. The van der Waals surface area contributed by atoms with Crippen molar-refractivity contribution in [2.75, 3.05) is 0 Å². The number of imidazole rings is 1. The van der Waals surface area contributed by atoms with Crippen molar-refractivity contribution >= 4 is 0 Å². The van der Waals surface area contributed by atoms with Gasteiger partial charge in [0, 0.05) is 26.5 Å². The van der Waals surface area contributed by atoms with Crippen LogP contribution >= 0.6 is 0 Å². The number of aryl methyl sites for hydroxylation is 3.